The molecule has 2 aromatic carbocycles. The van der Waals surface area contributed by atoms with E-state index in [1.54, 1.807) is 17.0 Å². The van der Waals surface area contributed by atoms with E-state index in [2.05, 4.69) is 16.3 Å². The summed E-state index contributed by atoms with van der Waals surface area (Å²) in [7, 11) is 0. The van der Waals surface area contributed by atoms with Crippen LogP contribution in [-0.4, -0.2) is 63.9 Å². The van der Waals surface area contributed by atoms with Gasteiger partial charge in [0.2, 0.25) is 11.8 Å². The van der Waals surface area contributed by atoms with Crippen molar-refractivity contribution in [2.75, 3.05) is 13.1 Å². The predicted molar refractivity (Wildman–Crippen MR) is 132 cm³/mol. The molecule has 1 saturated carbocycles. The Labute approximate surface area is 210 Å². The monoisotopic (exact) mass is 489 g/mol. The number of rotatable bonds is 5. The van der Waals surface area contributed by atoms with E-state index < -0.39 is 11.9 Å². The molecule has 2 aromatic rings. The molecule has 3 amide bonds. The molecule has 2 N–H and O–H groups in total. The molecule has 6 rings (SSSR count). The first-order valence-corrected chi connectivity index (χ1v) is 12.9. The van der Waals surface area contributed by atoms with Crippen molar-refractivity contribution < 1.29 is 24.2 Å². The molecule has 1 aliphatic carbocycles. The van der Waals surface area contributed by atoms with Crippen LogP contribution in [0.1, 0.15) is 65.9 Å². The number of aromatic hydroxyl groups is 1. The molecule has 0 radical (unpaired) electrons. The van der Waals surface area contributed by atoms with Gasteiger partial charge in [0.25, 0.3) is 5.91 Å². The zero-order valence-corrected chi connectivity index (χ0v) is 20.2. The van der Waals surface area contributed by atoms with Gasteiger partial charge < -0.3 is 14.7 Å². The lowest BCUT2D eigenvalue weighted by Crippen LogP contribution is -2.57. The maximum Gasteiger partial charge on any atom is 0.255 e. The van der Waals surface area contributed by atoms with Crippen LogP contribution in [0.4, 0.5) is 0 Å². The highest BCUT2D eigenvalue weighted by atomic mass is 16.5. The molecule has 0 spiro atoms. The van der Waals surface area contributed by atoms with E-state index in [0.29, 0.717) is 36.2 Å². The summed E-state index contributed by atoms with van der Waals surface area (Å²) in [5, 5.41) is 12.2. The molecule has 188 valence electrons. The molecule has 0 aromatic heterocycles. The fraction of sp³-hybridized carbons (Fsp3) is 0.464. The lowest BCUT2D eigenvalue weighted by atomic mass is 9.84. The SMILES string of the molecule is O=C1CCC(N2Cc3cc(O[C@@H]4CCCC[C@@H]4N4CC(c5cccc(O)c5)C4)ccc3C2=O)C(=O)N1. The summed E-state index contributed by atoms with van der Waals surface area (Å²) in [5.74, 6) is 0.662. The molecule has 2 saturated heterocycles. The lowest BCUT2D eigenvalue weighted by Gasteiger charge is -2.48. The van der Waals surface area contributed by atoms with Crippen molar-refractivity contribution in [2.24, 2.45) is 0 Å². The largest absolute Gasteiger partial charge is 0.508 e. The number of amides is 3. The van der Waals surface area contributed by atoms with Crippen molar-refractivity contribution in [3.05, 3.63) is 59.2 Å². The topological polar surface area (TPSA) is 99.2 Å². The van der Waals surface area contributed by atoms with Crippen LogP contribution in [0.5, 0.6) is 11.5 Å². The Bertz CT molecular complexity index is 1210. The van der Waals surface area contributed by atoms with Crippen molar-refractivity contribution >= 4 is 17.7 Å². The number of phenolic OH excluding ortho intramolecular Hbond substituents is 1. The third-order valence-corrected chi connectivity index (χ3v) is 8.17. The van der Waals surface area contributed by atoms with Crippen molar-refractivity contribution in [2.45, 2.75) is 69.2 Å². The van der Waals surface area contributed by atoms with E-state index in [1.165, 1.54) is 12.0 Å². The van der Waals surface area contributed by atoms with Crippen LogP contribution in [0.15, 0.2) is 42.5 Å². The second kappa shape index (κ2) is 9.24. The average Bonchev–Trinajstić information content (AvgIpc) is 3.15. The summed E-state index contributed by atoms with van der Waals surface area (Å²) >= 11 is 0. The standard InChI is InChI=1S/C28H31N3O5/c32-20-5-3-4-17(12-20)19-14-30(15-19)23-6-1-2-7-25(23)36-21-8-9-22-18(13-21)16-31(28(22)35)24-10-11-26(33)29-27(24)34/h3-5,8-9,12-13,19,23-25,32H,1-2,6-7,10-11,14-16H2,(H,29,33,34)/t23-,24?,25+/m0/s1. The van der Waals surface area contributed by atoms with Crippen LogP contribution in [-0.2, 0) is 16.1 Å². The number of phenols is 1. The summed E-state index contributed by atoms with van der Waals surface area (Å²) in [6, 6.07) is 12.9. The fourth-order valence-electron chi connectivity index (χ4n) is 6.20. The highest BCUT2D eigenvalue weighted by molar-refractivity contribution is 6.05. The molecule has 3 aliphatic heterocycles. The summed E-state index contributed by atoms with van der Waals surface area (Å²) in [6.45, 7) is 2.28. The van der Waals surface area contributed by atoms with E-state index in [9.17, 15) is 19.5 Å². The van der Waals surface area contributed by atoms with E-state index in [4.69, 9.17) is 4.74 Å². The van der Waals surface area contributed by atoms with Crippen LogP contribution in [0, 0.1) is 0 Å². The van der Waals surface area contributed by atoms with E-state index >= 15 is 0 Å². The van der Waals surface area contributed by atoms with Gasteiger partial charge >= 0.3 is 0 Å². The number of hydrogen-bond donors (Lipinski definition) is 2. The number of ether oxygens (including phenoxy) is 1. The number of benzene rings is 2. The Kier molecular flexibility index (Phi) is 5.91. The molecule has 0 bridgehead atoms. The minimum atomic E-state index is -0.611. The Morgan fingerprint density at radius 1 is 0.972 bits per heavy atom. The smallest absolute Gasteiger partial charge is 0.255 e. The van der Waals surface area contributed by atoms with Gasteiger partial charge in [-0.1, -0.05) is 18.6 Å². The highest BCUT2D eigenvalue weighted by Gasteiger charge is 2.41. The second-order valence-corrected chi connectivity index (χ2v) is 10.5. The van der Waals surface area contributed by atoms with Gasteiger partial charge in [0.05, 0.1) is 0 Å². The molecule has 1 unspecified atom stereocenters. The van der Waals surface area contributed by atoms with E-state index in [-0.39, 0.29) is 24.3 Å². The first kappa shape index (κ1) is 23.0. The van der Waals surface area contributed by atoms with Crippen molar-refractivity contribution in [3.8, 4) is 11.5 Å². The minimum absolute atomic E-state index is 0.0882. The summed E-state index contributed by atoms with van der Waals surface area (Å²) in [5.41, 5.74) is 2.65. The summed E-state index contributed by atoms with van der Waals surface area (Å²) in [6.07, 6.45) is 5.12. The second-order valence-electron chi connectivity index (χ2n) is 10.5. The summed E-state index contributed by atoms with van der Waals surface area (Å²) < 4.78 is 6.53. The van der Waals surface area contributed by atoms with Crippen LogP contribution in [0.25, 0.3) is 0 Å². The fourth-order valence-corrected chi connectivity index (χ4v) is 6.20. The first-order valence-electron chi connectivity index (χ1n) is 12.9. The molecule has 36 heavy (non-hydrogen) atoms. The minimum Gasteiger partial charge on any atom is -0.508 e. The third kappa shape index (κ3) is 4.23. The number of carbonyl (C=O) groups excluding carboxylic acids is 3. The molecule has 3 heterocycles. The van der Waals surface area contributed by atoms with Gasteiger partial charge in [-0.15, -0.1) is 0 Å². The average molecular weight is 490 g/mol. The molecular weight excluding hydrogens is 458 g/mol. The zero-order valence-electron chi connectivity index (χ0n) is 20.2. The lowest BCUT2D eigenvalue weighted by molar-refractivity contribution is -0.136. The molecule has 3 fully saturated rings. The molecule has 8 nitrogen and oxygen atoms in total. The molecule has 8 heteroatoms. The number of piperidine rings is 1. The number of fused-ring (bicyclic) bond motifs is 1. The molecular formula is C28H31N3O5. The van der Waals surface area contributed by atoms with Gasteiger partial charge in [-0.2, -0.15) is 0 Å². The van der Waals surface area contributed by atoms with Crippen LogP contribution in [0.2, 0.25) is 0 Å². The molecule has 4 aliphatic rings. The Balaban J connectivity index is 1.12. The number of nitrogens with one attached hydrogen (secondary N) is 1. The number of imide groups is 1. The van der Waals surface area contributed by atoms with Crippen molar-refractivity contribution in [1.29, 1.82) is 0 Å². The van der Waals surface area contributed by atoms with Crippen LogP contribution in [0.3, 0.4) is 0 Å². The predicted octanol–water partition coefficient (Wildman–Crippen LogP) is 2.94. The van der Waals surface area contributed by atoms with Crippen LogP contribution >= 0.6 is 0 Å². The van der Waals surface area contributed by atoms with Gasteiger partial charge in [0.1, 0.15) is 23.6 Å². The van der Waals surface area contributed by atoms with Crippen LogP contribution < -0.4 is 10.1 Å². The number of likely N-dealkylation sites (tertiary alicyclic amines) is 1. The van der Waals surface area contributed by atoms with Crippen molar-refractivity contribution in [1.82, 2.24) is 15.1 Å². The van der Waals surface area contributed by atoms with Gasteiger partial charge in [0, 0.05) is 43.6 Å². The number of nitrogens with zero attached hydrogens (tertiary/aromatic N) is 2. The highest BCUT2D eigenvalue weighted by Crippen LogP contribution is 2.37. The van der Waals surface area contributed by atoms with Gasteiger partial charge in [-0.25, -0.2) is 0 Å². The quantitative estimate of drug-likeness (QED) is 0.627. The normalized spacial score (nSPS) is 26.9. The Morgan fingerprint density at radius 2 is 1.81 bits per heavy atom. The molecule has 3 atom stereocenters. The maximum atomic E-state index is 13.0. The Morgan fingerprint density at radius 3 is 2.61 bits per heavy atom. The Hall–Kier alpha value is -3.39. The van der Waals surface area contributed by atoms with Gasteiger partial charge in [-0.05, 0) is 67.1 Å². The maximum absolute atomic E-state index is 13.0. The number of hydrogen-bond acceptors (Lipinski definition) is 6. The van der Waals surface area contributed by atoms with E-state index in [0.717, 1.165) is 43.7 Å². The van der Waals surface area contributed by atoms with Gasteiger partial charge in [0.15, 0.2) is 0 Å². The number of carbonyl (C=O) groups is 3. The van der Waals surface area contributed by atoms with E-state index in [1.807, 2.05) is 24.3 Å². The third-order valence-electron chi connectivity index (χ3n) is 8.17. The van der Waals surface area contributed by atoms with Crippen molar-refractivity contribution in [3.63, 3.8) is 0 Å². The first-order chi connectivity index (χ1) is 17.5. The van der Waals surface area contributed by atoms with Gasteiger partial charge in [-0.3, -0.25) is 24.6 Å². The zero-order chi connectivity index (χ0) is 24.8. The summed E-state index contributed by atoms with van der Waals surface area (Å²) in [4.78, 5) is 40.9.